The summed E-state index contributed by atoms with van der Waals surface area (Å²) in [6, 6.07) is 2.11. The fourth-order valence-corrected chi connectivity index (χ4v) is 3.41. The molecule has 0 spiro atoms. The zero-order chi connectivity index (χ0) is 12.7. The highest BCUT2D eigenvalue weighted by Crippen LogP contribution is 2.32. The summed E-state index contributed by atoms with van der Waals surface area (Å²) < 4.78 is 0. The van der Waals surface area contributed by atoms with Gasteiger partial charge in [0.05, 0.1) is 11.5 Å². The van der Waals surface area contributed by atoms with Crippen molar-refractivity contribution >= 4 is 39.0 Å². The van der Waals surface area contributed by atoms with Crippen LogP contribution in [0.4, 0.5) is 5.82 Å². The number of aromatic nitrogens is 2. The molecular weight excluding hydrogens is 270 g/mol. The number of aliphatic hydroxyl groups excluding tert-OH is 1. The Balaban J connectivity index is 2.04. The van der Waals surface area contributed by atoms with Crippen LogP contribution >= 0.6 is 22.9 Å². The van der Waals surface area contributed by atoms with E-state index in [1.807, 2.05) is 0 Å². The Morgan fingerprint density at radius 1 is 1.39 bits per heavy atom. The van der Waals surface area contributed by atoms with Gasteiger partial charge in [0.25, 0.3) is 0 Å². The SMILES string of the molecule is Cc1cc2c(N3CCC(O)CC3)nc(Cl)nc2s1. The van der Waals surface area contributed by atoms with Crippen molar-refractivity contribution in [2.75, 3.05) is 18.0 Å². The second-order valence-corrected chi connectivity index (χ2v) is 6.18. The number of rotatable bonds is 1. The fraction of sp³-hybridized carbons (Fsp3) is 0.500. The van der Waals surface area contributed by atoms with Crippen LogP contribution in [-0.2, 0) is 0 Å². The van der Waals surface area contributed by atoms with Crippen LogP contribution in [0, 0.1) is 6.92 Å². The Hall–Kier alpha value is -0.910. The Labute approximate surface area is 114 Å². The van der Waals surface area contributed by atoms with Crippen LogP contribution in [-0.4, -0.2) is 34.3 Å². The topological polar surface area (TPSA) is 49.2 Å². The summed E-state index contributed by atoms with van der Waals surface area (Å²) in [7, 11) is 0. The third kappa shape index (κ3) is 2.18. The van der Waals surface area contributed by atoms with E-state index >= 15 is 0 Å². The van der Waals surface area contributed by atoms with Crippen LogP contribution in [0.2, 0.25) is 5.28 Å². The molecule has 0 bridgehead atoms. The molecule has 1 N–H and O–H groups in total. The van der Waals surface area contributed by atoms with Gasteiger partial charge in [-0.05, 0) is 37.4 Å². The molecule has 0 atom stereocenters. The zero-order valence-electron chi connectivity index (χ0n) is 10.1. The first-order valence-electron chi connectivity index (χ1n) is 6.00. The summed E-state index contributed by atoms with van der Waals surface area (Å²) in [6.07, 6.45) is 1.39. The average molecular weight is 284 g/mol. The van der Waals surface area contributed by atoms with Crippen molar-refractivity contribution in [3.05, 3.63) is 16.2 Å². The van der Waals surface area contributed by atoms with Gasteiger partial charge in [0.1, 0.15) is 10.6 Å². The summed E-state index contributed by atoms with van der Waals surface area (Å²) in [5.41, 5.74) is 0. The molecule has 3 heterocycles. The van der Waals surface area contributed by atoms with Crippen molar-refractivity contribution in [2.45, 2.75) is 25.9 Å². The van der Waals surface area contributed by atoms with Gasteiger partial charge in [-0.2, -0.15) is 4.98 Å². The third-order valence-corrected chi connectivity index (χ3v) is 4.35. The smallest absolute Gasteiger partial charge is 0.225 e. The van der Waals surface area contributed by atoms with Gasteiger partial charge in [-0.3, -0.25) is 0 Å². The number of aryl methyl sites for hydroxylation is 1. The molecule has 1 fully saturated rings. The predicted octanol–water partition coefficient (Wildman–Crippen LogP) is 2.61. The Morgan fingerprint density at radius 3 is 2.83 bits per heavy atom. The monoisotopic (exact) mass is 283 g/mol. The van der Waals surface area contributed by atoms with Gasteiger partial charge in [-0.25, -0.2) is 4.98 Å². The summed E-state index contributed by atoms with van der Waals surface area (Å²) >= 11 is 7.62. The highest BCUT2D eigenvalue weighted by atomic mass is 35.5. The van der Waals surface area contributed by atoms with Crippen molar-refractivity contribution in [3.63, 3.8) is 0 Å². The molecule has 2 aromatic rings. The molecule has 4 nitrogen and oxygen atoms in total. The second kappa shape index (κ2) is 4.64. The molecule has 0 unspecified atom stereocenters. The third-order valence-electron chi connectivity index (χ3n) is 3.23. The molecule has 0 amide bonds. The largest absolute Gasteiger partial charge is 0.393 e. The van der Waals surface area contributed by atoms with E-state index in [2.05, 4.69) is 27.9 Å². The number of fused-ring (bicyclic) bond motifs is 1. The first-order valence-corrected chi connectivity index (χ1v) is 7.19. The van der Waals surface area contributed by atoms with E-state index in [1.54, 1.807) is 11.3 Å². The summed E-state index contributed by atoms with van der Waals surface area (Å²) in [4.78, 5) is 13.0. The second-order valence-electron chi connectivity index (χ2n) is 4.61. The molecule has 18 heavy (non-hydrogen) atoms. The van der Waals surface area contributed by atoms with Crippen LogP contribution < -0.4 is 4.90 Å². The maximum Gasteiger partial charge on any atom is 0.225 e. The Morgan fingerprint density at radius 2 is 2.11 bits per heavy atom. The molecule has 0 radical (unpaired) electrons. The van der Waals surface area contributed by atoms with E-state index in [1.165, 1.54) is 4.88 Å². The minimum atomic E-state index is -0.182. The van der Waals surface area contributed by atoms with E-state index in [0.29, 0.717) is 5.28 Å². The molecule has 3 rings (SSSR count). The fourth-order valence-electron chi connectivity index (χ4n) is 2.32. The van der Waals surface area contributed by atoms with Gasteiger partial charge in [-0.15, -0.1) is 11.3 Å². The molecule has 1 saturated heterocycles. The predicted molar refractivity (Wildman–Crippen MR) is 74.6 cm³/mol. The highest BCUT2D eigenvalue weighted by molar-refractivity contribution is 7.18. The van der Waals surface area contributed by atoms with Crippen molar-refractivity contribution in [1.82, 2.24) is 9.97 Å². The van der Waals surface area contributed by atoms with E-state index in [4.69, 9.17) is 11.6 Å². The minimum Gasteiger partial charge on any atom is -0.393 e. The van der Waals surface area contributed by atoms with Gasteiger partial charge in [0.15, 0.2) is 0 Å². The highest BCUT2D eigenvalue weighted by Gasteiger charge is 2.21. The number of hydrogen-bond donors (Lipinski definition) is 1. The number of thiophene rings is 1. The quantitative estimate of drug-likeness (QED) is 0.818. The molecular formula is C12H14ClN3OS. The molecule has 6 heteroatoms. The van der Waals surface area contributed by atoms with Crippen LogP contribution in [0.5, 0.6) is 0 Å². The Bertz CT molecular complexity index is 578. The molecule has 96 valence electrons. The van der Waals surface area contributed by atoms with Gasteiger partial charge in [0.2, 0.25) is 5.28 Å². The van der Waals surface area contributed by atoms with Crippen LogP contribution in [0.3, 0.4) is 0 Å². The molecule has 0 aliphatic carbocycles. The first-order chi connectivity index (χ1) is 8.63. The normalized spacial score (nSPS) is 17.6. The lowest BCUT2D eigenvalue weighted by atomic mass is 10.1. The number of hydrogen-bond acceptors (Lipinski definition) is 5. The lowest BCUT2D eigenvalue weighted by Crippen LogP contribution is -2.36. The van der Waals surface area contributed by atoms with Crippen LogP contribution in [0.1, 0.15) is 17.7 Å². The maximum absolute atomic E-state index is 9.56. The summed E-state index contributed by atoms with van der Waals surface area (Å²) in [5.74, 6) is 0.904. The summed E-state index contributed by atoms with van der Waals surface area (Å²) in [6.45, 7) is 3.70. The van der Waals surface area contributed by atoms with E-state index in [9.17, 15) is 5.11 Å². The minimum absolute atomic E-state index is 0.182. The number of halogens is 1. The average Bonchev–Trinajstić information content (AvgIpc) is 2.69. The van der Waals surface area contributed by atoms with Crippen molar-refractivity contribution in [1.29, 1.82) is 0 Å². The van der Waals surface area contributed by atoms with Crippen LogP contribution in [0.25, 0.3) is 10.2 Å². The first kappa shape index (κ1) is 12.1. The molecule has 0 saturated carbocycles. The molecule has 0 aromatic carbocycles. The molecule has 1 aliphatic heterocycles. The number of anilines is 1. The van der Waals surface area contributed by atoms with Gasteiger partial charge >= 0.3 is 0 Å². The van der Waals surface area contributed by atoms with Crippen LogP contribution in [0.15, 0.2) is 6.07 Å². The van der Waals surface area contributed by atoms with Crippen molar-refractivity contribution in [3.8, 4) is 0 Å². The summed E-state index contributed by atoms with van der Waals surface area (Å²) in [5, 5.41) is 10.9. The lowest BCUT2D eigenvalue weighted by Gasteiger charge is -2.30. The number of nitrogens with zero attached hydrogens (tertiary/aromatic N) is 3. The number of aliphatic hydroxyl groups is 1. The van der Waals surface area contributed by atoms with Gasteiger partial charge < -0.3 is 10.0 Å². The van der Waals surface area contributed by atoms with E-state index < -0.39 is 0 Å². The van der Waals surface area contributed by atoms with Gasteiger partial charge in [-0.1, -0.05) is 0 Å². The standard InChI is InChI=1S/C12H14ClN3OS/c1-7-6-9-10(14-12(13)15-11(9)18-7)16-4-2-8(17)3-5-16/h6,8,17H,2-5H2,1H3. The number of piperidine rings is 1. The Kier molecular flexibility index (Phi) is 3.13. The van der Waals surface area contributed by atoms with E-state index in [-0.39, 0.29) is 6.10 Å². The van der Waals surface area contributed by atoms with Gasteiger partial charge in [0, 0.05) is 18.0 Å². The van der Waals surface area contributed by atoms with E-state index in [0.717, 1.165) is 42.0 Å². The molecule has 2 aromatic heterocycles. The molecule has 1 aliphatic rings. The maximum atomic E-state index is 9.56. The van der Waals surface area contributed by atoms with Crippen molar-refractivity contribution < 1.29 is 5.11 Å². The van der Waals surface area contributed by atoms with Crippen molar-refractivity contribution in [2.24, 2.45) is 0 Å². The zero-order valence-corrected chi connectivity index (χ0v) is 11.6. The lowest BCUT2D eigenvalue weighted by molar-refractivity contribution is 0.145.